The van der Waals surface area contributed by atoms with Gasteiger partial charge in [0.05, 0.1) is 0 Å². The number of aromatic nitrogens is 1. The largest absolute Gasteiger partial charge is 0.356 e. The van der Waals surface area contributed by atoms with Gasteiger partial charge in [-0.1, -0.05) is 69.3 Å². The zero-order valence-electron chi connectivity index (χ0n) is 16.8. The molecular formula is C24H30N2O. The van der Waals surface area contributed by atoms with Crippen LogP contribution in [0, 0.1) is 5.92 Å². The predicted molar refractivity (Wildman–Crippen MR) is 113 cm³/mol. The second-order valence-corrected chi connectivity index (χ2v) is 7.92. The number of rotatable bonds is 7. The smallest absolute Gasteiger partial charge is 0.220 e. The molecule has 2 aromatic carbocycles. The van der Waals surface area contributed by atoms with E-state index in [2.05, 4.69) is 92.4 Å². The first-order valence-electron chi connectivity index (χ1n) is 9.83. The minimum atomic E-state index is 0.129. The number of hydrogen-bond donors (Lipinski definition) is 1. The molecule has 0 radical (unpaired) electrons. The van der Waals surface area contributed by atoms with E-state index >= 15 is 0 Å². The van der Waals surface area contributed by atoms with Gasteiger partial charge < -0.3 is 9.88 Å². The van der Waals surface area contributed by atoms with Crippen LogP contribution in [0.3, 0.4) is 0 Å². The van der Waals surface area contributed by atoms with Crippen molar-refractivity contribution in [3.63, 3.8) is 0 Å². The van der Waals surface area contributed by atoms with E-state index in [1.54, 1.807) is 0 Å². The van der Waals surface area contributed by atoms with Gasteiger partial charge in [0.25, 0.3) is 0 Å². The maximum atomic E-state index is 12.7. The average Bonchev–Trinajstić information content (AvgIpc) is 3.01. The SMILES string of the molecule is CC(C)CNC(=O)C[C@H](c1cn(C)c2ccccc12)[C@H](C)c1ccccc1. The van der Waals surface area contributed by atoms with E-state index < -0.39 is 0 Å². The van der Waals surface area contributed by atoms with Crippen LogP contribution in [0.1, 0.15) is 50.2 Å². The third-order valence-electron chi connectivity index (χ3n) is 5.37. The van der Waals surface area contributed by atoms with Crippen LogP contribution in [0.4, 0.5) is 0 Å². The highest BCUT2D eigenvalue weighted by Crippen LogP contribution is 2.39. The Hall–Kier alpha value is -2.55. The summed E-state index contributed by atoms with van der Waals surface area (Å²) in [4.78, 5) is 12.7. The quantitative estimate of drug-likeness (QED) is 0.614. The maximum absolute atomic E-state index is 12.7. The van der Waals surface area contributed by atoms with E-state index in [1.165, 1.54) is 22.0 Å². The van der Waals surface area contributed by atoms with Crippen molar-refractivity contribution in [1.82, 2.24) is 9.88 Å². The molecule has 0 aliphatic carbocycles. The molecule has 1 N–H and O–H groups in total. The van der Waals surface area contributed by atoms with Crippen molar-refractivity contribution in [3.05, 3.63) is 71.9 Å². The van der Waals surface area contributed by atoms with Gasteiger partial charge in [-0.15, -0.1) is 0 Å². The van der Waals surface area contributed by atoms with Crippen molar-refractivity contribution in [2.45, 2.75) is 39.0 Å². The Morgan fingerprint density at radius 3 is 2.37 bits per heavy atom. The number of para-hydroxylation sites is 1. The number of carbonyl (C=O) groups excluding carboxylic acids is 1. The molecule has 0 fully saturated rings. The number of benzene rings is 2. The fourth-order valence-corrected chi connectivity index (χ4v) is 3.80. The first kappa shape index (κ1) is 19.2. The van der Waals surface area contributed by atoms with Crippen molar-refractivity contribution >= 4 is 16.8 Å². The lowest BCUT2D eigenvalue weighted by molar-refractivity contribution is -0.121. The van der Waals surface area contributed by atoms with Gasteiger partial charge in [-0.05, 0) is 29.0 Å². The lowest BCUT2D eigenvalue weighted by Gasteiger charge is -2.24. The number of aryl methyl sites for hydroxylation is 1. The standard InChI is InChI=1S/C24H30N2O/c1-17(2)15-25-24(27)14-21(18(3)19-10-6-5-7-11-19)22-16-26(4)23-13-9-8-12-20(22)23/h5-13,16-18,21H,14-15H2,1-4H3,(H,25,27)/t18-,21+/m1/s1. The minimum absolute atomic E-state index is 0.129. The number of nitrogens with zero attached hydrogens (tertiary/aromatic N) is 1. The van der Waals surface area contributed by atoms with E-state index in [4.69, 9.17) is 0 Å². The highest BCUT2D eigenvalue weighted by atomic mass is 16.1. The fraction of sp³-hybridized carbons (Fsp3) is 0.375. The van der Waals surface area contributed by atoms with Gasteiger partial charge in [-0.3, -0.25) is 4.79 Å². The zero-order valence-corrected chi connectivity index (χ0v) is 16.8. The average molecular weight is 363 g/mol. The van der Waals surface area contributed by atoms with Crippen LogP contribution in [0.25, 0.3) is 10.9 Å². The molecule has 3 aromatic rings. The third kappa shape index (κ3) is 4.41. The monoisotopic (exact) mass is 362 g/mol. The first-order valence-corrected chi connectivity index (χ1v) is 9.83. The lowest BCUT2D eigenvalue weighted by atomic mass is 9.80. The number of amides is 1. The topological polar surface area (TPSA) is 34.0 Å². The summed E-state index contributed by atoms with van der Waals surface area (Å²) in [6.07, 6.45) is 2.70. The van der Waals surface area contributed by atoms with Crippen LogP contribution in [0.5, 0.6) is 0 Å². The fourth-order valence-electron chi connectivity index (χ4n) is 3.80. The van der Waals surface area contributed by atoms with Crippen LogP contribution in [0.15, 0.2) is 60.8 Å². The van der Waals surface area contributed by atoms with E-state index in [1.807, 2.05) is 6.07 Å². The molecule has 3 nitrogen and oxygen atoms in total. The van der Waals surface area contributed by atoms with Crippen molar-refractivity contribution < 1.29 is 4.79 Å². The second kappa shape index (κ2) is 8.43. The summed E-state index contributed by atoms with van der Waals surface area (Å²) >= 11 is 0. The van der Waals surface area contributed by atoms with Crippen LogP contribution in [-0.4, -0.2) is 17.0 Å². The Labute approximate surface area is 162 Å². The van der Waals surface area contributed by atoms with Crippen LogP contribution >= 0.6 is 0 Å². The molecular weight excluding hydrogens is 332 g/mol. The van der Waals surface area contributed by atoms with E-state index in [9.17, 15) is 4.79 Å². The molecule has 3 heteroatoms. The molecule has 27 heavy (non-hydrogen) atoms. The van der Waals surface area contributed by atoms with Gasteiger partial charge in [0, 0.05) is 43.0 Å². The molecule has 1 amide bonds. The van der Waals surface area contributed by atoms with Gasteiger partial charge in [0.1, 0.15) is 0 Å². The Morgan fingerprint density at radius 2 is 1.67 bits per heavy atom. The summed E-state index contributed by atoms with van der Waals surface area (Å²) in [7, 11) is 2.08. The normalized spacial score (nSPS) is 13.7. The van der Waals surface area contributed by atoms with Crippen LogP contribution in [0.2, 0.25) is 0 Å². The van der Waals surface area contributed by atoms with Crippen LogP contribution < -0.4 is 5.32 Å². The molecule has 1 aromatic heterocycles. The minimum Gasteiger partial charge on any atom is -0.356 e. The molecule has 2 atom stereocenters. The van der Waals surface area contributed by atoms with Gasteiger partial charge >= 0.3 is 0 Å². The highest BCUT2D eigenvalue weighted by Gasteiger charge is 2.26. The molecule has 0 aliphatic heterocycles. The number of fused-ring (bicyclic) bond motifs is 1. The summed E-state index contributed by atoms with van der Waals surface area (Å²) in [5.74, 6) is 0.966. The Morgan fingerprint density at radius 1 is 1.00 bits per heavy atom. The van der Waals surface area contributed by atoms with Crippen molar-refractivity contribution in [2.24, 2.45) is 13.0 Å². The summed E-state index contributed by atoms with van der Waals surface area (Å²) in [6.45, 7) is 7.20. The third-order valence-corrected chi connectivity index (χ3v) is 5.37. The van der Waals surface area contributed by atoms with Gasteiger partial charge in [-0.25, -0.2) is 0 Å². The molecule has 0 aliphatic rings. The second-order valence-electron chi connectivity index (χ2n) is 7.92. The van der Waals surface area contributed by atoms with Gasteiger partial charge in [0.2, 0.25) is 5.91 Å². The Kier molecular flexibility index (Phi) is 6.00. The Balaban J connectivity index is 1.97. The molecule has 0 spiro atoms. The summed E-state index contributed by atoms with van der Waals surface area (Å²) in [6, 6.07) is 19.0. The summed E-state index contributed by atoms with van der Waals surface area (Å²) in [5.41, 5.74) is 3.73. The van der Waals surface area contributed by atoms with E-state index in [-0.39, 0.29) is 17.7 Å². The first-order chi connectivity index (χ1) is 13.0. The van der Waals surface area contributed by atoms with Crippen molar-refractivity contribution in [1.29, 1.82) is 0 Å². The molecule has 0 saturated carbocycles. The maximum Gasteiger partial charge on any atom is 0.220 e. The molecule has 0 saturated heterocycles. The summed E-state index contributed by atoms with van der Waals surface area (Å²) in [5, 5.41) is 4.34. The molecule has 1 heterocycles. The number of hydrogen-bond acceptors (Lipinski definition) is 1. The number of carbonyl (C=O) groups is 1. The van der Waals surface area contributed by atoms with Gasteiger partial charge in [-0.2, -0.15) is 0 Å². The molecule has 3 rings (SSSR count). The zero-order chi connectivity index (χ0) is 19.4. The molecule has 142 valence electrons. The molecule has 0 unspecified atom stereocenters. The summed E-state index contributed by atoms with van der Waals surface area (Å²) < 4.78 is 2.17. The van der Waals surface area contributed by atoms with Gasteiger partial charge in [0.15, 0.2) is 0 Å². The van der Waals surface area contributed by atoms with E-state index in [0.29, 0.717) is 12.3 Å². The van der Waals surface area contributed by atoms with Crippen molar-refractivity contribution in [3.8, 4) is 0 Å². The van der Waals surface area contributed by atoms with Crippen LogP contribution in [-0.2, 0) is 11.8 Å². The van der Waals surface area contributed by atoms with E-state index in [0.717, 1.165) is 6.54 Å². The Bertz CT molecular complexity index is 895. The predicted octanol–water partition coefficient (Wildman–Crippen LogP) is 5.23. The highest BCUT2D eigenvalue weighted by molar-refractivity contribution is 5.86. The molecule has 0 bridgehead atoms. The number of nitrogens with one attached hydrogen (secondary N) is 1. The van der Waals surface area contributed by atoms with Crippen molar-refractivity contribution in [2.75, 3.05) is 6.54 Å². The lowest BCUT2D eigenvalue weighted by Crippen LogP contribution is -2.29.